The summed E-state index contributed by atoms with van der Waals surface area (Å²) in [5.74, 6) is 0.852. The van der Waals surface area contributed by atoms with Crippen LogP contribution in [0.2, 0.25) is 10.0 Å². The van der Waals surface area contributed by atoms with E-state index >= 15 is 0 Å². The summed E-state index contributed by atoms with van der Waals surface area (Å²) in [7, 11) is 3.59. The summed E-state index contributed by atoms with van der Waals surface area (Å²) in [5, 5.41) is 4.59. The van der Waals surface area contributed by atoms with Crippen molar-refractivity contribution in [2.75, 3.05) is 14.2 Å². The van der Waals surface area contributed by atoms with Crippen molar-refractivity contribution in [3.05, 3.63) is 63.1 Å². The van der Waals surface area contributed by atoms with Crippen LogP contribution in [-0.2, 0) is 0 Å². The van der Waals surface area contributed by atoms with Crippen LogP contribution in [0.5, 0.6) is 5.75 Å². The fourth-order valence-corrected chi connectivity index (χ4v) is 2.89. The lowest BCUT2D eigenvalue weighted by atomic mass is 9.95. The van der Waals surface area contributed by atoms with E-state index in [0.29, 0.717) is 10.0 Å². The zero-order chi connectivity index (χ0) is 14.7. The van der Waals surface area contributed by atoms with Crippen molar-refractivity contribution in [1.29, 1.82) is 0 Å². The van der Waals surface area contributed by atoms with Gasteiger partial charge in [-0.1, -0.05) is 29.3 Å². The number of methoxy groups -OCH3 is 1. The largest absolute Gasteiger partial charge is 0.497 e. The van der Waals surface area contributed by atoms with E-state index in [9.17, 15) is 0 Å². The first-order valence-electron chi connectivity index (χ1n) is 6.33. The van der Waals surface area contributed by atoms with Crippen LogP contribution in [0.4, 0.5) is 0 Å². The van der Waals surface area contributed by atoms with Crippen LogP contribution in [0.1, 0.15) is 22.7 Å². The van der Waals surface area contributed by atoms with Crippen molar-refractivity contribution in [3.8, 4) is 5.75 Å². The molecule has 0 fully saturated rings. The molecule has 0 aromatic heterocycles. The third-order valence-corrected chi connectivity index (χ3v) is 3.73. The predicted octanol–water partition coefficient (Wildman–Crippen LogP) is 4.62. The van der Waals surface area contributed by atoms with Crippen molar-refractivity contribution in [3.63, 3.8) is 0 Å². The van der Waals surface area contributed by atoms with Gasteiger partial charge in [-0.05, 0) is 61.0 Å². The maximum Gasteiger partial charge on any atom is 0.119 e. The second kappa shape index (κ2) is 6.49. The normalized spacial score (nSPS) is 12.2. The fourth-order valence-electron chi connectivity index (χ4n) is 2.34. The van der Waals surface area contributed by atoms with Crippen molar-refractivity contribution in [1.82, 2.24) is 5.32 Å². The first-order chi connectivity index (χ1) is 9.55. The van der Waals surface area contributed by atoms with Gasteiger partial charge in [-0.3, -0.25) is 0 Å². The number of ether oxygens (including phenoxy) is 1. The molecular formula is C16H17Cl2NO. The predicted molar refractivity (Wildman–Crippen MR) is 85.1 cm³/mol. The molecule has 0 aliphatic heterocycles. The lowest BCUT2D eigenvalue weighted by Crippen LogP contribution is -2.18. The molecule has 2 rings (SSSR count). The highest BCUT2D eigenvalue weighted by molar-refractivity contribution is 6.34. The lowest BCUT2D eigenvalue weighted by Gasteiger charge is -2.20. The molecule has 106 valence electrons. The number of benzene rings is 2. The molecule has 0 saturated heterocycles. The summed E-state index contributed by atoms with van der Waals surface area (Å²) in [6, 6.07) is 11.7. The van der Waals surface area contributed by atoms with Crippen LogP contribution in [0.3, 0.4) is 0 Å². The Morgan fingerprint density at radius 2 is 1.70 bits per heavy atom. The summed E-state index contributed by atoms with van der Waals surface area (Å²) in [5.41, 5.74) is 3.37. The van der Waals surface area contributed by atoms with Gasteiger partial charge in [0.25, 0.3) is 0 Å². The molecule has 20 heavy (non-hydrogen) atoms. The first kappa shape index (κ1) is 15.2. The molecule has 1 N–H and O–H groups in total. The quantitative estimate of drug-likeness (QED) is 0.890. The molecule has 0 amide bonds. The van der Waals surface area contributed by atoms with Gasteiger partial charge < -0.3 is 10.1 Å². The Balaban J connectivity index is 2.46. The van der Waals surface area contributed by atoms with Gasteiger partial charge in [-0.25, -0.2) is 0 Å². The number of hydrogen-bond donors (Lipinski definition) is 1. The highest BCUT2D eigenvalue weighted by Gasteiger charge is 2.15. The average molecular weight is 310 g/mol. The van der Waals surface area contributed by atoms with E-state index in [0.717, 1.165) is 16.9 Å². The lowest BCUT2D eigenvalue weighted by molar-refractivity contribution is 0.414. The van der Waals surface area contributed by atoms with Gasteiger partial charge >= 0.3 is 0 Å². The van der Waals surface area contributed by atoms with E-state index in [1.54, 1.807) is 13.2 Å². The van der Waals surface area contributed by atoms with Gasteiger partial charge in [-0.2, -0.15) is 0 Å². The number of aryl methyl sites for hydroxylation is 1. The Hall–Kier alpha value is -1.22. The maximum absolute atomic E-state index is 6.09. The molecule has 2 aromatic rings. The van der Waals surface area contributed by atoms with Crippen molar-refractivity contribution < 1.29 is 4.74 Å². The van der Waals surface area contributed by atoms with Gasteiger partial charge in [0.05, 0.1) is 13.2 Å². The number of hydrogen-bond acceptors (Lipinski definition) is 2. The molecule has 0 aliphatic carbocycles. The minimum atomic E-state index is 0.0390. The molecular weight excluding hydrogens is 293 g/mol. The van der Waals surface area contributed by atoms with Crippen LogP contribution in [0.15, 0.2) is 36.4 Å². The summed E-state index contributed by atoms with van der Waals surface area (Å²) in [6.07, 6.45) is 0. The van der Waals surface area contributed by atoms with Gasteiger partial charge in [0.1, 0.15) is 5.75 Å². The smallest absolute Gasteiger partial charge is 0.119 e. The molecule has 4 heteroatoms. The highest BCUT2D eigenvalue weighted by atomic mass is 35.5. The number of rotatable bonds is 4. The third kappa shape index (κ3) is 3.26. The van der Waals surface area contributed by atoms with Gasteiger partial charge in [0, 0.05) is 10.0 Å². The first-order valence-corrected chi connectivity index (χ1v) is 7.08. The minimum absolute atomic E-state index is 0.0390. The minimum Gasteiger partial charge on any atom is -0.497 e. The Morgan fingerprint density at radius 3 is 2.20 bits per heavy atom. The highest BCUT2D eigenvalue weighted by Crippen LogP contribution is 2.30. The summed E-state index contributed by atoms with van der Waals surface area (Å²) < 4.78 is 5.24. The average Bonchev–Trinajstić information content (AvgIpc) is 2.40. The van der Waals surface area contributed by atoms with Crippen LogP contribution in [0, 0.1) is 6.92 Å². The van der Waals surface area contributed by atoms with Crippen molar-refractivity contribution in [2.24, 2.45) is 0 Å². The van der Waals surface area contributed by atoms with E-state index in [-0.39, 0.29) is 6.04 Å². The summed E-state index contributed by atoms with van der Waals surface area (Å²) in [6.45, 7) is 2.06. The molecule has 2 nitrogen and oxygen atoms in total. The van der Waals surface area contributed by atoms with Crippen LogP contribution in [0.25, 0.3) is 0 Å². The van der Waals surface area contributed by atoms with Gasteiger partial charge in [0.2, 0.25) is 0 Å². The Kier molecular flexibility index (Phi) is 4.92. The van der Waals surface area contributed by atoms with Crippen molar-refractivity contribution >= 4 is 23.2 Å². The molecule has 1 atom stereocenters. The topological polar surface area (TPSA) is 21.3 Å². The molecule has 0 saturated carbocycles. The van der Waals surface area contributed by atoms with E-state index in [1.807, 2.05) is 31.3 Å². The van der Waals surface area contributed by atoms with E-state index < -0.39 is 0 Å². The zero-order valence-electron chi connectivity index (χ0n) is 11.7. The molecule has 0 spiro atoms. The second-order valence-corrected chi connectivity index (χ2v) is 5.52. The molecule has 2 aromatic carbocycles. The number of halogens is 2. The molecule has 0 aliphatic rings. The summed E-state index contributed by atoms with van der Waals surface area (Å²) in [4.78, 5) is 0. The van der Waals surface area contributed by atoms with Crippen LogP contribution >= 0.6 is 23.2 Å². The molecule has 0 radical (unpaired) electrons. The molecule has 0 heterocycles. The van der Waals surface area contributed by atoms with Gasteiger partial charge in [-0.15, -0.1) is 0 Å². The van der Waals surface area contributed by atoms with E-state index in [4.69, 9.17) is 27.9 Å². The maximum atomic E-state index is 6.09. The van der Waals surface area contributed by atoms with Crippen LogP contribution < -0.4 is 10.1 Å². The van der Waals surface area contributed by atoms with E-state index in [1.165, 1.54) is 5.56 Å². The summed E-state index contributed by atoms with van der Waals surface area (Å²) >= 11 is 12.2. The fraction of sp³-hybridized carbons (Fsp3) is 0.250. The monoisotopic (exact) mass is 309 g/mol. The van der Waals surface area contributed by atoms with Gasteiger partial charge in [0.15, 0.2) is 0 Å². The Morgan fingerprint density at radius 1 is 1.05 bits per heavy atom. The molecule has 0 bridgehead atoms. The Labute approximate surface area is 129 Å². The van der Waals surface area contributed by atoms with Crippen LogP contribution in [-0.4, -0.2) is 14.2 Å². The van der Waals surface area contributed by atoms with E-state index in [2.05, 4.69) is 18.3 Å². The van der Waals surface area contributed by atoms with Crippen molar-refractivity contribution in [2.45, 2.75) is 13.0 Å². The molecule has 1 unspecified atom stereocenters. The third-order valence-electron chi connectivity index (χ3n) is 3.29. The SMILES string of the molecule is CNC(c1cc(Cl)cc(Cl)c1)c1ccc(OC)cc1C. The Bertz CT molecular complexity index is 593. The standard InChI is InChI=1S/C16H17Cl2NO/c1-10-6-14(20-3)4-5-15(10)16(19-2)11-7-12(17)9-13(18)8-11/h4-9,16,19H,1-3H3. The second-order valence-electron chi connectivity index (χ2n) is 4.65. The number of nitrogens with one attached hydrogen (secondary N) is 1. The zero-order valence-corrected chi connectivity index (χ0v) is 13.2.